The highest BCUT2D eigenvalue weighted by Gasteiger charge is 2.27. The lowest BCUT2D eigenvalue weighted by atomic mass is 10.1. The molecule has 1 aliphatic rings. The van der Waals surface area contributed by atoms with Gasteiger partial charge in [0.25, 0.3) is 0 Å². The average molecular weight is 628 g/mol. The first-order valence-corrected chi connectivity index (χ1v) is 15.0. The second-order valence-electron chi connectivity index (χ2n) is 10.5. The number of halogens is 1. The van der Waals surface area contributed by atoms with Gasteiger partial charge in [0.2, 0.25) is 5.88 Å². The first-order valence-electron chi connectivity index (χ1n) is 14.2. The van der Waals surface area contributed by atoms with Crippen molar-refractivity contribution in [2.75, 3.05) is 20.3 Å². The van der Waals surface area contributed by atoms with Gasteiger partial charge in [0, 0.05) is 29.6 Å². The smallest absolute Gasteiger partial charge is 0.411 e. The van der Waals surface area contributed by atoms with E-state index in [1.165, 1.54) is 29.4 Å². The largest absolute Gasteiger partial charge is 0.488 e. The lowest BCUT2D eigenvalue weighted by Gasteiger charge is -2.32. The first kappa shape index (κ1) is 30.0. The Morgan fingerprint density at radius 2 is 1.98 bits per heavy atom. The minimum absolute atomic E-state index is 0.0128. The number of methoxy groups -OCH3 is 1. The number of hydrogen-bond acceptors (Lipinski definition) is 9. The molecular formula is C33H30FN5O5S. The number of rotatable bonds is 10. The van der Waals surface area contributed by atoms with Crippen LogP contribution in [0.5, 0.6) is 11.6 Å². The molecule has 1 amide bonds. The number of aromatic nitrogens is 3. The fourth-order valence-corrected chi connectivity index (χ4v) is 6.03. The van der Waals surface area contributed by atoms with Gasteiger partial charge in [-0.1, -0.05) is 30.3 Å². The summed E-state index contributed by atoms with van der Waals surface area (Å²) < 4.78 is 27.0. The zero-order valence-corrected chi connectivity index (χ0v) is 25.6. The van der Waals surface area contributed by atoms with Crippen molar-refractivity contribution >= 4 is 38.7 Å². The van der Waals surface area contributed by atoms with Gasteiger partial charge in [0.15, 0.2) is 11.6 Å². The zero-order valence-electron chi connectivity index (χ0n) is 24.8. The van der Waals surface area contributed by atoms with E-state index in [1.807, 2.05) is 49.4 Å². The highest BCUT2D eigenvalue weighted by Crippen LogP contribution is 2.37. The third kappa shape index (κ3) is 6.56. The third-order valence-corrected chi connectivity index (χ3v) is 8.24. The highest BCUT2D eigenvalue weighted by atomic mass is 32.1. The molecule has 2 aromatic heterocycles. The van der Waals surface area contributed by atoms with E-state index in [9.17, 15) is 9.90 Å². The molecule has 1 N–H and O–H groups in total. The molecule has 0 spiro atoms. The Kier molecular flexibility index (Phi) is 8.58. The van der Waals surface area contributed by atoms with Gasteiger partial charge in [0.1, 0.15) is 11.6 Å². The number of benzene rings is 3. The van der Waals surface area contributed by atoms with Crippen molar-refractivity contribution in [1.82, 2.24) is 24.9 Å². The maximum absolute atomic E-state index is 15.2. The van der Waals surface area contributed by atoms with Crippen LogP contribution in [0.4, 0.5) is 9.18 Å². The lowest BCUT2D eigenvalue weighted by Crippen LogP contribution is -2.43. The predicted octanol–water partition coefficient (Wildman–Crippen LogP) is 6.95. The van der Waals surface area contributed by atoms with Crippen LogP contribution >= 0.6 is 11.3 Å². The van der Waals surface area contributed by atoms with Gasteiger partial charge in [0.05, 0.1) is 53.8 Å². The molecule has 0 saturated heterocycles. The number of nitrogens with zero attached hydrogens (tertiary/aromatic N) is 5. The quantitative estimate of drug-likeness (QED) is 0.176. The van der Waals surface area contributed by atoms with Crippen LogP contribution in [0.15, 0.2) is 84.8 Å². The molecule has 3 aromatic carbocycles. The van der Waals surface area contributed by atoms with E-state index in [-0.39, 0.29) is 18.9 Å². The second kappa shape index (κ2) is 12.9. The fraction of sp³-hybridized carbons (Fsp3) is 0.212. The van der Waals surface area contributed by atoms with Crippen LogP contribution in [0.25, 0.3) is 31.8 Å². The molecule has 0 radical (unpaired) electrons. The fourth-order valence-electron chi connectivity index (χ4n) is 5.04. The number of carboxylic acid groups (broad SMARTS) is 1. The van der Waals surface area contributed by atoms with Crippen LogP contribution < -0.4 is 9.47 Å². The van der Waals surface area contributed by atoms with Gasteiger partial charge in [-0.05, 0) is 49.3 Å². The van der Waals surface area contributed by atoms with Crippen molar-refractivity contribution in [2.45, 2.75) is 26.5 Å². The number of allylic oxidation sites excluding steroid dienone is 2. The number of carbonyl (C=O) groups is 1. The lowest BCUT2D eigenvalue weighted by molar-refractivity contribution is -0.129. The number of ether oxygens (including phenoxy) is 2. The molecule has 45 heavy (non-hydrogen) atoms. The minimum Gasteiger partial charge on any atom is -0.488 e. The van der Waals surface area contributed by atoms with Gasteiger partial charge in [-0.2, -0.15) is 0 Å². The van der Waals surface area contributed by atoms with E-state index in [2.05, 4.69) is 15.0 Å². The Hall–Kier alpha value is -5.07. The van der Waals surface area contributed by atoms with Crippen LogP contribution in [0.1, 0.15) is 18.1 Å². The topological polar surface area (TPSA) is 110 Å². The number of aryl methyl sites for hydroxylation is 1. The Balaban J connectivity index is 1.17. The van der Waals surface area contributed by atoms with Gasteiger partial charge < -0.3 is 14.6 Å². The Morgan fingerprint density at radius 1 is 1.16 bits per heavy atom. The van der Waals surface area contributed by atoms with Crippen LogP contribution in [0.2, 0.25) is 0 Å². The number of hydroxylamine groups is 2. The zero-order chi connectivity index (χ0) is 31.5. The maximum Gasteiger partial charge on any atom is 0.411 e. The standard InChI is InChI=1S/C33H30FN5O5S/c1-20-12-24(31-27(13-20)36-30(42-3)16-35-31)32-37-26-14-25(34)28(15-29(26)45-32)43-18-21(2)39(33(40)41)23-10-7-11-38(17-23)44-19-22-8-5-4-6-9-22/h4-16,21H,17-19H2,1-3H3,(H,40,41). The Labute approximate surface area is 262 Å². The van der Waals surface area contributed by atoms with Gasteiger partial charge in [-0.25, -0.2) is 24.1 Å². The molecule has 10 nitrogen and oxygen atoms in total. The highest BCUT2D eigenvalue weighted by molar-refractivity contribution is 7.21. The van der Waals surface area contributed by atoms with Gasteiger partial charge in [-0.3, -0.25) is 14.8 Å². The molecule has 12 heteroatoms. The van der Waals surface area contributed by atoms with Crippen LogP contribution in [0.3, 0.4) is 0 Å². The van der Waals surface area contributed by atoms with Crippen LogP contribution in [0, 0.1) is 12.7 Å². The summed E-state index contributed by atoms with van der Waals surface area (Å²) in [4.78, 5) is 33.1. The van der Waals surface area contributed by atoms with E-state index in [1.54, 1.807) is 42.6 Å². The molecule has 5 aromatic rings. The first-order chi connectivity index (χ1) is 21.8. The molecule has 230 valence electrons. The molecule has 0 fully saturated rings. The summed E-state index contributed by atoms with van der Waals surface area (Å²) in [5.74, 6) is -0.168. The van der Waals surface area contributed by atoms with Crippen molar-refractivity contribution in [2.24, 2.45) is 0 Å². The summed E-state index contributed by atoms with van der Waals surface area (Å²) in [6, 6.07) is 15.9. The normalized spacial score (nSPS) is 13.6. The number of fused-ring (bicyclic) bond motifs is 2. The molecule has 3 heterocycles. The van der Waals surface area contributed by atoms with Crippen LogP contribution in [-0.2, 0) is 11.4 Å². The summed E-state index contributed by atoms with van der Waals surface area (Å²) in [7, 11) is 1.54. The molecule has 1 atom stereocenters. The van der Waals surface area contributed by atoms with Crippen molar-refractivity contribution < 1.29 is 28.6 Å². The van der Waals surface area contributed by atoms with E-state index in [0.717, 1.165) is 16.7 Å². The van der Waals surface area contributed by atoms with Gasteiger partial charge >= 0.3 is 6.09 Å². The number of thiazole rings is 1. The minimum atomic E-state index is -1.15. The summed E-state index contributed by atoms with van der Waals surface area (Å²) >= 11 is 1.38. The second-order valence-corrected chi connectivity index (χ2v) is 11.5. The van der Waals surface area contributed by atoms with Crippen molar-refractivity contribution in [3.05, 3.63) is 102 Å². The van der Waals surface area contributed by atoms with E-state index in [4.69, 9.17) is 14.3 Å². The molecule has 0 aliphatic carbocycles. The molecule has 1 aliphatic heterocycles. The monoisotopic (exact) mass is 627 g/mol. The van der Waals surface area contributed by atoms with E-state index >= 15 is 4.39 Å². The van der Waals surface area contributed by atoms with Crippen molar-refractivity contribution in [3.63, 3.8) is 0 Å². The summed E-state index contributed by atoms with van der Waals surface area (Å²) in [5, 5.41) is 12.3. The molecule has 6 rings (SSSR count). The predicted molar refractivity (Wildman–Crippen MR) is 169 cm³/mol. The maximum atomic E-state index is 15.2. The van der Waals surface area contributed by atoms with Gasteiger partial charge in [-0.15, -0.1) is 11.3 Å². The molecule has 1 unspecified atom stereocenters. The SMILES string of the molecule is COc1cnc2c(-c3nc4cc(F)c(OCC(C)N(C(=O)O)C5=CC=CN(OCc6ccccc6)C5)cc4s3)cc(C)cc2n1. The summed E-state index contributed by atoms with van der Waals surface area (Å²) in [6.07, 6.45) is 5.58. The molecule has 0 saturated carbocycles. The average Bonchev–Trinajstić information content (AvgIpc) is 3.45. The van der Waals surface area contributed by atoms with Crippen molar-refractivity contribution in [1.29, 1.82) is 0 Å². The summed E-state index contributed by atoms with van der Waals surface area (Å²) in [6.45, 7) is 4.15. The summed E-state index contributed by atoms with van der Waals surface area (Å²) in [5.41, 5.74) is 5.07. The van der Waals surface area contributed by atoms with Crippen molar-refractivity contribution in [3.8, 4) is 22.2 Å². The van der Waals surface area contributed by atoms with E-state index in [0.29, 0.717) is 44.4 Å². The Bertz CT molecular complexity index is 1930. The van der Waals surface area contributed by atoms with Crippen LogP contribution in [-0.4, -0.2) is 62.4 Å². The molecule has 0 bridgehead atoms. The molecular weight excluding hydrogens is 597 g/mol. The third-order valence-electron chi connectivity index (χ3n) is 7.19. The number of hydrogen-bond donors (Lipinski definition) is 1. The Morgan fingerprint density at radius 3 is 2.76 bits per heavy atom. The van der Waals surface area contributed by atoms with E-state index < -0.39 is 18.0 Å². The number of amides is 1.